The molecule has 1 aliphatic carbocycles. The van der Waals surface area contributed by atoms with E-state index in [2.05, 4.69) is 52.5 Å². The molecule has 1 saturated carbocycles. The quantitative estimate of drug-likeness (QED) is 0.430. The molecule has 2 aliphatic rings. The number of aromatic amines is 1. The van der Waals surface area contributed by atoms with E-state index in [-0.39, 0.29) is 24.0 Å². The molecular weight excluding hydrogens is 411 g/mol. The average Bonchev–Trinajstić information content (AvgIpc) is 3.15. The zero-order chi connectivity index (χ0) is 15.7. The maximum atomic E-state index is 4.89. The van der Waals surface area contributed by atoms with Gasteiger partial charge in [-0.05, 0) is 49.1 Å². The lowest BCUT2D eigenvalue weighted by atomic mass is 9.68. The summed E-state index contributed by atoms with van der Waals surface area (Å²) in [6, 6.07) is 10.6. The van der Waals surface area contributed by atoms with Crippen molar-refractivity contribution in [2.45, 2.75) is 39.2 Å². The molecule has 1 aliphatic heterocycles. The number of aliphatic imine (C=N–C) groups is 1. The van der Waals surface area contributed by atoms with Crippen LogP contribution in [0.1, 0.15) is 38.3 Å². The minimum atomic E-state index is 0. The summed E-state index contributed by atoms with van der Waals surface area (Å²) in [5.74, 6) is 1.08. The van der Waals surface area contributed by atoms with Gasteiger partial charge in [0.25, 0.3) is 0 Å². The summed E-state index contributed by atoms with van der Waals surface area (Å²) in [5, 5.41) is 4.74. The highest BCUT2D eigenvalue weighted by Gasteiger charge is 2.43. The van der Waals surface area contributed by atoms with Crippen molar-refractivity contribution < 1.29 is 0 Å². The summed E-state index contributed by atoms with van der Waals surface area (Å²) >= 11 is 0. The molecular formula is C19H27IN4. The van der Waals surface area contributed by atoms with Gasteiger partial charge in [0.1, 0.15) is 0 Å². The summed E-state index contributed by atoms with van der Waals surface area (Å²) in [7, 11) is 0. The molecule has 0 unspecified atom stereocenters. The lowest BCUT2D eigenvalue weighted by Crippen LogP contribution is -2.42. The molecule has 4 nitrogen and oxygen atoms in total. The van der Waals surface area contributed by atoms with Crippen molar-refractivity contribution in [3.05, 3.63) is 36.0 Å². The molecule has 1 aromatic carbocycles. The summed E-state index contributed by atoms with van der Waals surface area (Å²) in [5.41, 5.74) is 2.98. The molecule has 2 fully saturated rings. The van der Waals surface area contributed by atoms with Crippen molar-refractivity contribution in [2.75, 3.05) is 19.6 Å². The standard InChI is InChI=1S/C19H26N4.HI/c1-2-20-18(23-11-10-19(14-23)8-5-9-19)21-13-16-12-15-6-3-4-7-17(15)22-16;/h3-4,6-7,12,22H,2,5,8-11,13-14H2,1H3,(H,20,21);1H. The molecule has 0 bridgehead atoms. The number of hydrogen-bond donors (Lipinski definition) is 2. The van der Waals surface area contributed by atoms with E-state index < -0.39 is 0 Å². The van der Waals surface area contributed by atoms with Crippen molar-refractivity contribution in [3.63, 3.8) is 0 Å². The van der Waals surface area contributed by atoms with E-state index in [1.54, 1.807) is 0 Å². The Morgan fingerprint density at radius 1 is 1.29 bits per heavy atom. The zero-order valence-corrected chi connectivity index (χ0v) is 16.7. The number of fused-ring (bicyclic) bond motifs is 1. The van der Waals surface area contributed by atoms with Crippen LogP contribution in [0.15, 0.2) is 35.3 Å². The van der Waals surface area contributed by atoms with Gasteiger partial charge in [-0.15, -0.1) is 24.0 Å². The summed E-state index contributed by atoms with van der Waals surface area (Å²) in [6.07, 6.45) is 5.57. The second kappa shape index (κ2) is 7.33. The molecule has 5 heteroatoms. The Hall–Kier alpha value is -1.24. The Kier molecular flexibility index (Phi) is 5.37. The monoisotopic (exact) mass is 438 g/mol. The fraction of sp³-hybridized carbons (Fsp3) is 0.526. The minimum absolute atomic E-state index is 0. The second-order valence-corrected chi connectivity index (χ2v) is 7.08. The van der Waals surface area contributed by atoms with E-state index in [4.69, 9.17) is 4.99 Å². The molecule has 2 N–H and O–H groups in total. The Morgan fingerprint density at radius 2 is 2.12 bits per heavy atom. The molecule has 4 rings (SSSR count). The van der Waals surface area contributed by atoms with Gasteiger partial charge in [-0.3, -0.25) is 0 Å². The Morgan fingerprint density at radius 3 is 2.79 bits per heavy atom. The fourth-order valence-electron chi connectivity index (χ4n) is 4.01. The third-order valence-electron chi connectivity index (χ3n) is 5.47. The van der Waals surface area contributed by atoms with Gasteiger partial charge < -0.3 is 15.2 Å². The number of nitrogens with zero attached hydrogens (tertiary/aromatic N) is 2. The van der Waals surface area contributed by atoms with Gasteiger partial charge in [0.15, 0.2) is 5.96 Å². The molecule has 130 valence electrons. The highest BCUT2D eigenvalue weighted by atomic mass is 127. The van der Waals surface area contributed by atoms with Gasteiger partial charge in [-0.1, -0.05) is 24.6 Å². The van der Waals surface area contributed by atoms with Gasteiger partial charge in [-0.25, -0.2) is 4.99 Å². The fourth-order valence-corrected chi connectivity index (χ4v) is 4.01. The average molecular weight is 438 g/mol. The van der Waals surface area contributed by atoms with Crippen LogP contribution in [-0.2, 0) is 6.54 Å². The first-order valence-electron chi connectivity index (χ1n) is 8.88. The number of para-hydroxylation sites is 1. The van der Waals surface area contributed by atoms with Gasteiger partial charge in [0.2, 0.25) is 0 Å². The zero-order valence-electron chi connectivity index (χ0n) is 14.3. The van der Waals surface area contributed by atoms with Crippen LogP contribution in [0.5, 0.6) is 0 Å². The van der Waals surface area contributed by atoms with Crippen LogP contribution < -0.4 is 5.32 Å². The van der Waals surface area contributed by atoms with Crippen molar-refractivity contribution in [3.8, 4) is 0 Å². The lowest BCUT2D eigenvalue weighted by molar-refractivity contribution is 0.151. The molecule has 1 saturated heterocycles. The highest BCUT2D eigenvalue weighted by molar-refractivity contribution is 14.0. The first-order chi connectivity index (χ1) is 11.3. The molecule has 2 aromatic rings. The highest BCUT2D eigenvalue weighted by Crippen LogP contribution is 2.47. The van der Waals surface area contributed by atoms with Crippen molar-refractivity contribution >= 4 is 40.8 Å². The van der Waals surface area contributed by atoms with Crippen LogP contribution in [0.4, 0.5) is 0 Å². The van der Waals surface area contributed by atoms with E-state index in [1.807, 2.05) is 0 Å². The van der Waals surface area contributed by atoms with E-state index in [9.17, 15) is 0 Å². The summed E-state index contributed by atoms with van der Waals surface area (Å²) < 4.78 is 0. The number of aromatic nitrogens is 1. The van der Waals surface area contributed by atoms with Gasteiger partial charge in [-0.2, -0.15) is 0 Å². The first-order valence-corrected chi connectivity index (χ1v) is 8.88. The predicted octanol–water partition coefficient (Wildman–Crippen LogP) is 4.13. The summed E-state index contributed by atoms with van der Waals surface area (Å²) in [4.78, 5) is 10.8. The third-order valence-corrected chi connectivity index (χ3v) is 5.47. The largest absolute Gasteiger partial charge is 0.357 e. The number of halogens is 1. The van der Waals surface area contributed by atoms with E-state index in [0.29, 0.717) is 12.0 Å². The van der Waals surface area contributed by atoms with Crippen LogP contribution in [0.3, 0.4) is 0 Å². The predicted molar refractivity (Wildman–Crippen MR) is 111 cm³/mol. The number of rotatable bonds is 3. The number of benzene rings is 1. The summed E-state index contributed by atoms with van der Waals surface area (Å²) in [6.45, 7) is 6.12. The smallest absolute Gasteiger partial charge is 0.194 e. The Balaban J connectivity index is 0.00000169. The molecule has 1 spiro atoms. The number of guanidine groups is 1. The van der Waals surface area contributed by atoms with Crippen molar-refractivity contribution in [1.82, 2.24) is 15.2 Å². The molecule has 24 heavy (non-hydrogen) atoms. The SMILES string of the molecule is CCNC(=NCc1cc2ccccc2[nH]1)N1CCC2(CCC2)C1.I. The van der Waals surface area contributed by atoms with Crippen LogP contribution in [0.25, 0.3) is 10.9 Å². The molecule has 1 aromatic heterocycles. The lowest BCUT2D eigenvalue weighted by Gasteiger charge is -2.38. The molecule has 0 atom stereocenters. The Bertz CT molecular complexity index is 684. The molecule has 0 radical (unpaired) electrons. The van der Waals surface area contributed by atoms with Crippen LogP contribution in [0.2, 0.25) is 0 Å². The van der Waals surface area contributed by atoms with Crippen LogP contribution >= 0.6 is 24.0 Å². The minimum Gasteiger partial charge on any atom is -0.357 e. The van der Waals surface area contributed by atoms with Crippen molar-refractivity contribution in [2.24, 2.45) is 10.4 Å². The second-order valence-electron chi connectivity index (χ2n) is 7.08. The number of H-pyrrole nitrogens is 1. The van der Waals surface area contributed by atoms with Gasteiger partial charge in [0, 0.05) is 30.8 Å². The molecule has 2 heterocycles. The first kappa shape index (κ1) is 17.6. The maximum Gasteiger partial charge on any atom is 0.194 e. The number of nitrogens with one attached hydrogen (secondary N) is 2. The maximum absolute atomic E-state index is 4.89. The van der Waals surface area contributed by atoms with Crippen LogP contribution in [0, 0.1) is 5.41 Å². The van der Waals surface area contributed by atoms with Gasteiger partial charge in [0.05, 0.1) is 6.54 Å². The van der Waals surface area contributed by atoms with E-state index in [0.717, 1.165) is 19.0 Å². The molecule has 0 amide bonds. The number of likely N-dealkylation sites (tertiary alicyclic amines) is 1. The normalized spacial score (nSPS) is 19.4. The number of hydrogen-bond acceptors (Lipinski definition) is 1. The van der Waals surface area contributed by atoms with Crippen molar-refractivity contribution in [1.29, 1.82) is 0 Å². The topological polar surface area (TPSA) is 43.4 Å². The van der Waals surface area contributed by atoms with Gasteiger partial charge >= 0.3 is 0 Å². The van der Waals surface area contributed by atoms with Crippen LogP contribution in [-0.4, -0.2) is 35.5 Å². The Labute approximate surface area is 161 Å². The van der Waals surface area contributed by atoms with E-state index >= 15 is 0 Å². The van der Waals surface area contributed by atoms with E-state index in [1.165, 1.54) is 48.8 Å². The third kappa shape index (κ3) is 3.41.